The lowest BCUT2D eigenvalue weighted by Crippen LogP contribution is -2.34. The van der Waals surface area contributed by atoms with Gasteiger partial charge in [-0.25, -0.2) is 4.98 Å². The molecule has 0 bridgehead atoms. The summed E-state index contributed by atoms with van der Waals surface area (Å²) in [6, 6.07) is 7.45. The Morgan fingerprint density at radius 2 is 2.10 bits per heavy atom. The third-order valence-electron chi connectivity index (χ3n) is 3.32. The topological polar surface area (TPSA) is 77.2 Å². The molecule has 0 saturated heterocycles. The SMILES string of the molecule is COc1ccccc1-c1csc(NC(=O)C(C)C(C)N)n1. The molecule has 5 nitrogen and oxygen atoms in total. The van der Waals surface area contributed by atoms with Crippen LogP contribution in [0.25, 0.3) is 11.3 Å². The van der Waals surface area contributed by atoms with E-state index in [1.165, 1.54) is 11.3 Å². The number of aromatic nitrogens is 1. The first-order valence-electron chi connectivity index (χ1n) is 6.68. The molecule has 2 unspecified atom stereocenters. The zero-order valence-corrected chi connectivity index (χ0v) is 13.1. The smallest absolute Gasteiger partial charge is 0.230 e. The molecule has 1 aromatic carbocycles. The summed E-state index contributed by atoms with van der Waals surface area (Å²) in [5.74, 6) is 0.374. The molecule has 0 aliphatic rings. The zero-order chi connectivity index (χ0) is 15.4. The van der Waals surface area contributed by atoms with Crippen LogP contribution >= 0.6 is 11.3 Å². The Labute approximate surface area is 128 Å². The highest BCUT2D eigenvalue weighted by molar-refractivity contribution is 7.14. The number of methoxy groups -OCH3 is 1. The number of benzene rings is 1. The van der Waals surface area contributed by atoms with Gasteiger partial charge in [0.25, 0.3) is 0 Å². The van der Waals surface area contributed by atoms with E-state index in [-0.39, 0.29) is 17.9 Å². The molecule has 1 heterocycles. The van der Waals surface area contributed by atoms with Gasteiger partial charge in [-0.15, -0.1) is 11.3 Å². The van der Waals surface area contributed by atoms with Crippen LogP contribution in [0.2, 0.25) is 0 Å². The Balaban J connectivity index is 2.17. The van der Waals surface area contributed by atoms with Crippen molar-refractivity contribution in [3.63, 3.8) is 0 Å². The minimum Gasteiger partial charge on any atom is -0.496 e. The van der Waals surface area contributed by atoms with Gasteiger partial charge in [-0.3, -0.25) is 4.79 Å². The van der Waals surface area contributed by atoms with Crippen LogP contribution in [0.1, 0.15) is 13.8 Å². The normalized spacial score (nSPS) is 13.5. The van der Waals surface area contributed by atoms with Gasteiger partial charge in [0.2, 0.25) is 5.91 Å². The summed E-state index contributed by atoms with van der Waals surface area (Å²) in [5.41, 5.74) is 7.41. The van der Waals surface area contributed by atoms with Crippen LogP contribution < -0.4 is 15.8 Å². The Kier molecular flexibility index (Phi) is 4.93. The number of nitrogens with two attached hydrogens (primary N) is 1. The maximum Gasteiger partial charge on any atom is 0.230 e. The molecule has 0 aliphatic heterocycles. The number of para-hydroxylation sites is 1. The number of anilines is 1. The van der Waals surface area contributed by atoms with E-state index in [2.05, 4.69) is 10.3 Å². The molecule has 2 rings (SSSR count). The van der Waals surface area contributed by atoms with Gasteiger partial charge in [0, 0.05) is 17.0 Å². The van der Waals surface area contributed by atoms with Gasteiger partial charge in [0.15, 0.2) is 5.13 Å². The summed E-state index contributed by atoms with van der Waals surface area (Å²) in [6.45, 7) is 3.61. The summed E-state index contributed by atoms with van der Waals surface area (Å²) in [4.78, 5) is 16.4. The van der Waals surface area contributed by atoms with Crippen molar-refractivity contribution in [1.82, 2.24) is 4.98 Å². The van der Waals surface area contributed by atoms with Gasteiger partial charge in [-0.1, -0.05) is 19.1 Å². The van der Waals surface area contributed by atoms with Crippen molar-refractivity contribution in [2.75, 3.05) is 12.4 Å². The maximum atomic E-state index is 12.0. The predicted molar refractivity (Wildman–Crippen MR) is 85.5 cm³/mol. The summed E-state index contributed by atoms with van der Waals surface area (Å²) >= 11 is 1.38. The Bertz CT molecular complexity index is 625. The Hall–Kier alpha value is -1.92. The first-order chi connectivity index (χ1) is 10.0. The van der Waals surface area contributed by atoms with Crippen LogP contribution in [0.15, 0.2) is 29.6 Å². The number of ether oxygens (including phenoxy) is 1. The summed E-state index contributed by atoms with van der Waals surface area (Å²) in [7, 11) is 1.62. The van der Waals surface area contributed by atoms with Crippen molar-refractivity contribution in [2.24, 2.45) is 11.7 Å². The van der Waals surface area contributed by atoms with E-state index in [4.69, 9.17) is 10.5 Å². The van der Waals surface area contributed by atoms with E-state index < -0.39 is 0 Å². The molecule has 3 N–H and O–H groups in total. The number of carbonyl (C=O) groups is 1. The third kappa shape index (κ3) is 3.59. The second kappa shape index (κ2) is 6.69. The van der Waals surface area contributed by atoms with E-state index in [0.717, 1.165) is 17.0 Å². The lowest BCUT2D eigenvalue weighted by molar-refractivity contribution is -0.119. The highest BCUT2D eigenvalue weighted by atomic mass is 32.1. The van der Waals surface area contributed by atoms with E-state index >= 15 is 0 Å². The van der Waals surface area contributed by atoms with Crippen molar-refractivity contribution in [2.45, 2.75) is 19.9 Å². The second-order valence-electron chi connectivity index (χ2n) is 4.88. The molecule has 0 spiro atoms. The lowest BCUT2D eigenvalue weighted by atomic mass is 10.0. The van der Waals surface area contributed by atoms with Gasteiger partial charge in [-0.05, 0) is 19.1 Å². The predicted octanol–water partition coefficient (Wildman–Crippen LogP) is 2.74. The van der Waals surface area contributed by atoms with Crippen LogP contribution in [0, 0.1) is 5.92 Å². The van der Waals surface area contributed by atoms with Gasteiger partial charge < -0.3 is 15.8 Å². The fourth-order valence-electron chi connectivity index (χ4n) is 1.77. The van der Waals surface area contributed by atoms with Crippen molar-refractivity contribution < 1.29 is 9.53 Å². The molecule has 0 radical (unpaired) electrons. The summed E-state index contributed by atoms with van der Waals surface area (Å²) in [6.07, 6.45) is 0. The number of hydrogen-bond donors (Lipinski definition) is 2. The van der Waals surface area contributed by atoms with Crippen LogP contribution in [0.5, 0.6) is 5.75 Å². The molecule has 112 valence electrons. The molecular formula is C15H19N3O2S. The number of nitrogens with zero attached hydrogens (tertiary/aromatic N) is 1. The molecule has 0 saturated carbocycles. The van der Waals surface area contributed by atoms with Crippen LogP contribution in [0.4, 0.5) is 5.13 Å². The maximum absolute atomic E-state index is 12.0. The van der Waals surface area contributed by atoms with Gasteiger partial charge >= 0.3 is 0 Å². The number of amides is 1. The zero-order valence-electron chi connectivity index (χ0n) is 12.3. The fraction of sp³-hybridized carbons (Fsp3) is 0.333. The molecule has 0 fully saturated rings. The number of hydrogen-bond acceptors (Lipinski definition) is 5. The molecule has 1 aromatic heterocycles. The molecular weight excluding hydrogens is 286 g/mol. The fourth-order valence-corrected chi connectivity index (χ4v) is 2.48. The number of rotatable bonds is 5. The first-order valence-corrected chi connectivity index (χ1v) is 7.56. The molecule has 1 amide bonds. The summed E-state index contributed by atoms with van der Waals surface area (Å²) < 4.78 is 5.32. The average Bonchev–Trinajstić information content (AvgIpc) is 2.94. The molecule has 21 heavy (non-hydrogen) atoms. The highest BCUT2D eigenvalue weighted by Crippen LogP contribution is 2.31. The standard InChI is InChI=1S/C15H19N3O2S/c1-9(10(2)16)14(19)18-15-17-12(8-21-15)11-6-4-5-7-13(11)20-3/h4-10H,16H2,1-3H3,(H,17,18,19). The molecule has 2 aromatic rings. The number of nitrogens with one attached hydrogen (secondary N) is 1. The van der Waals surface area contributed by atoms with Gasteiger partial charge in [-0.2, -0.15) is 0 Å². The second-order valence-corrected chi connectivity index (χ2v) is 5.73. The molecule has 2 atom stereocenters. The van der Waals surface area contributed by atoms with E-state index in [9.17, 15) is 4.79 Å². The highest BCUT2D eigenvalue weighted by Gasteiger charge is 2.18. The van der Waals surface area contributed by atoms with E-state index in [1.54, 1.807) is 14.0 Å². The minimum atomic E-state index is -0.261. The first kappa shape index (κ1) is 15.5. The molecule has 6 heteroatoms. The largest absolute Gasteiger partial charge is 0.496 e. The van der Waals surface area contributed by atoms with Crippen molar-refractivity contribution in [1.29, 1.82) is 0 Å². The van der Waals surface area contributed by atoms with Crippen molar-refractivity contribution in [3.05, 3.63) is 29.6 Å². The van der Waals surface area contributed by atoms with E-state index in [0.29, 0.717) is 5.13 Å². The number of thiazole rings is 1. The summed E-state index contributed by atoms with van der Waals surface area (Å²) in [5, 5.41) is 5.25. The Morgan fingerprint density at radius 1 is 1.38 bits per heavy atom. The molecule has 0 aliphatic carbocycles. The third-order valence-corrected chi connectivity index (χ3v) is 4.08. The van der Waals surface area contributed by atoms with Crippen LogP contribution in [-0.2, 0) is 4.79 Å². The van der Waals surface area contributed by atoms with Crippen molar-refractivity contribution in [3.8, 4) is 17.0 Å². The Morgan fingerprint density at radius 3 is 2.76 bits per heavy atom. The quantitative estimate of drug-likeness (QED) is 0.890. The lowest BCUT2D eigenvalue weighted by Gasteiger charge is -2.13. The van der Waals surface area contributed by atoms with Gasteiger partial charge in [0.1, 0.15) is 5.75 Å². The number of carbonyl (C=O) groups excluding carboxylic acids is 1. The van der Waals surface area contributed by atoms with Crippen LogP contribution in [-0.4, -0.2) is 24.0 Å². The average molecular weight is 305 g/mol. The van der Waals surface area contributed by atoms with Crippen LogP contribution in [0.3, 0.4) is 0 Å². The van der Waals surface area contributed by atoms with Gasteiger partial charge in [0.05, 0.1) is 18.7 Å². The monoisotopic (exact) mass is 305 g/mol. The van der Waals surface area contributed by atoms with E-state index in [1.807, 2.05) is 36.6 Å². The van der Waals surface area contributed by atoms with Crippen molar-refractivity contribution >= 4 is 22.4 Å². The minimum absolute atomic E-state index is 0.120.